The van der Waals surface area contributed by atoms with Crippen molar-refractivity contribution in [2.24, 2.45) is 5.92 Å². The lowest BCUT2D eigenvalue weighted by Gasteiger charge is -2.26. The average molecular weight is 726 g/mol. The predicted octanol–water partition coefficient (Wildman–Crippen LogP) is 4.24. The zero-order valence-electron chi connectivity index (χ0n) is 13.6. The van der Waals surface area contributed by atoms with Crippen LogP contribution in [0.1, 0.15) is 24.2 Å². The van der Waals surface area contributed by atoms with Crippen molar-refractivity contribution in [1.82, 2.24) is 0 Å². The Morgan fingerprint density at radius 3 is 2.15 bits per heavy atom. The summed E-state index contributed by atoms with van der Waals surface area (Å²) in [6, 6.07) is 3.16. The van der Waals surface area contributed by atoms with E-state index in [0.29, 0.717) is 10.7 Å². The van der Waals surface area contributed by atoms with Gasteiger partial charge in [0.2, 0.25) is 0 Å². The molecule has 1 rings (SSSR count). The van der Waals surface area contributed by atoms with Gasteiger partial charge >= 0.3 is 30.2 Å². The normalized spacial score (nSPS) is 13.8. The highest BCUT2D eigenvalue weighted by atomic mass is 127. The maximum atomic E-state index is 14.0. The summed E-state index contributed by atoms with van der Waals surface area (Å²) >= 11 is 5.71. The van der Waals surface area contributed by atoms with E-state index in [9.17, 15) is 27.6 Å². The topological polar surface area (TPSA) is 89.9 Å². The minimum atomic E-state index is -4.44. The minimum Gasteiger partial charge on any atom is -0.477 e. The van der Waals surface area contributed by atoms with Gasteiger partial charge < -0.3 is 14.6 Å². The van der Waals surface area contributed by atoms with Crippen LogP contribution in [0.15, 0.2) is 12.1 Å². The molecule has 0 saturated heterocycles. The largest absolute Gasteiger partial charge is 0.477 e. The second-order valence-electron chi connectivity index (χ2n) is 5.50. The second-order valence-corrected chi connectivity index (χ2v) is 8.99. The highest BCUT2D eigenvalue weighted by Gasteiger charge is 2.52. The standard InChI is InChI=1S/C15H12F3I3O6/c1-5(2)10(15(17,18)14(24)25)26-13(23)11(16)27-12(22)7-3-6(19)4-8(20)9(7)21/h3-5,10-11H,1-2H3,(H,24,25). The molecule has 1 aromatic carbocycles. The van der Waals surface area contributed by atoms with Crippen LogP contribution in [0, 0.1) is 16.6 Å². The Bertz CT molecular complexity index is 757. The summed E-state index contributed by atoms with van der Waals surface area (Å²) in [7, 11) is 0. The number of aliphatic carboxylic acids is 1. The third kappa shape index (κ3) is 6.30. The number of halogens is 6. The summed E-state index contributed by atoms with van der Waals surface area (Å²) in [5.74, 6) is -11.2. The van der Waals surface area contributed by atoms with E-state index < -0.39 is 42.2 Å². The maximum absolute atomic E-state index is 14.0. The van der Waals surface area contributed by atoms with Crippen molar-refractivity contribution in [3.63, 3.8) is 0 Å². The first-order valence-electron chi connectivity index (χ1n) is 7.10. The Kier molecular flexibility index (Phi) is 9.02. The third-order valence-corrected chi connectivity index (χ3v) is 6.77. The highest BCUT2D eigenvalue weighted by Crippen LogP contribution is 2.29. The molecule has 0 fully saturated rings. The average Bonchev–Trinajstić information content (AvgIpc) is 2.54. The third-order valence-electron chi connectivity index (χ3n) is 3.10. The highest BCUT2D eigenvalue weighted by molar-refractivity contribution is 14.1. The number of carbonyl (C=O) groups excluding carboxylic acids is 2. The van der Waals surface area contributed by atoms with Crippen LogP contribution in [-0.2, 0) is 19.1 Å². The summed E-state index contributed by atoms with van der Waals surface area (Å²) in [5, 5.41) is 8.57. The van der Waals surface area contributed by atoms with Crippen molar-refractivity contribution in [2.45, 2.75) is 32.2 Å². The van der Waals surface area contributed by atoms with E-state index in [0.717, 1.165) is 0 Å². The molecule has 27 heavy (non-hydrogen) atoms. The van der Waals surface area contributed by atoms with Crippen molar-refractivity contribution in [3.8, 4) is 0 Å². The zero-order chi connectivity index (χ0) is 21.1. The van der Waals surface area contributed by atoms with Gasteiger partial charge in [0, 0.05) is 10.7 Å². The molecule has 1 N–H and O–H groups in total. The first-order valence-corrected chi connectivity index (χ1v) is 10.3. The van der Waals surface area contributed by atoms with Crippen molar-refractivity contribution >= 4 is 85.7 Å². The number of benzene rings is 1. The van der Waals surface area contributed by atoms with E-state index in [1.807, 2.05) is 67.8 Å². The number of carbonyl (C=O) groups is 3. The molecule has 12 heteroatoms. The molecule has 0 bridgehead atoms. The van der Waals surface area contributed by atoms with E-state index in [4.69, 9.17) is 5.11 Å². The number of esters is 2. The fourth-order valence-corrected chi connectivity index (χ4v) is 4.22. The number of hydrogen-bond donors (Lipinski definition) is 1. The molecule has 0 spiro atoms. The van der Waals surface area contributed by atoms with Crippen LogP contribution >= 0.6 is 67.8 Å². The predicted molar refractivity (Wildman–Crippen MR) is 112 cm³/mol. The van der Waals surface area contributed by atoms with Gasteiger partial charge in [-0.1, -0.05) is 13.8 Å². The molecule has 0 saturated carbocycles. The Morgan fingerprint density at radius 1 is 1.11 bits per heavy atom. The lowest BCUT2D eigenvalue weighted by Crippen LogP contribution is -2.48. The molecule has 0 amide bonds. The Balaban J connectivity index is 2.93. The monoisotopic (exact) mass is 726 g/mol. The van der Waals surface area contributed by atoms with Gasteiger partial charge in [0.25, 0.3) is 0 Å². The van der Waals surface area contributed by atoms with E-state index >= 15 is 0 Å². The van der Waals surface area contributed by atoms with Gasteiger partial charge in [-0.3, -0.25) is 0 Å². The molecule has 1 aromatic rings. The maximum Gasteiger partial charge on any atom is 0.381 e. The quantitative estimate of drug-likeness (QED) is 0.257. The molecule has 6 nitrogen and oxygen atoms in total. The van der Waals surface area contributed by atoms with E-state index in [1.54, 1.807) is 6.07 Å². The van der Waals surface area contributed by atoms with Gasteiger partial charge in [-0.05, 0) is 85.8 Å². The van der Waals surface area contributed by atoms with E-state index in [-0.39, 0.29) is 5.56 Å². The molecule has 0 aliphatic rings. The van der Waals surface area contributed by atoms with Gasteiger partial charge in [-0.2, -0.15) is 13.2 Å². The van der Waals surface area contributed by atoms with Crippen LogP contribution in [0.25, 0.3) is 0 Å². The Hall–Kier alpha value is -0.390. The molecule has 2 unspecified atom stereocenters. The number of rotatable bonds is 7. The molecule has 0 heterocycles. The number of alkyl halides is 3. The van der Waals surface area contributed by atoms with Crippen molar-refractivity contribution in [2.75, 3.05) is 0 Å². The molecule has 2 atom stereocenters. The second kappa shape index (κ2) is 9.89. The lowest BCUT2D eigenvalue weighted by molar-refractivity contribution is -0.207. The fraction of sp³-hybridized carbons (Fsp3) is 0.400. The number of carboxylic acids is 1. The van der Waals surface area contributed by atoms with Crippen LogP contribution in [0.2, 0.25) is 0 Å². The van der Waals surface area contributed by atoms with Crippen LogP contribution in [-0.4, -0.2) is 41.4 Å². The van der Waals surface area contributed by atoms with Crippen molar-refractivity contribution < 1.29 is 42.1 Å². The van der Waals surface area contributed by atoms with Gasteiger partial charge in [-0.15, -0.1) is 0 Å². The molecule has 0 aliphatic heterocycles. The Morgan fingerprint density at radius 2 is 1.67 bits per heavy atom. The summed E-state index contributed by atoms with van der Waals surface area (Å²) in [4.78, 5) is 34.5. The van der Waals surface area contributed by atoms with E-state index in [2.05, 4.69) is 9.47 Å². The van der Waals surface area contributed by atoms with Gasteiger partial charge in [0.15, 0.2) is 6.10 Å². The van der Waals surface area contributed by atoms with Gasteiger partial charge in [-0.25, -0.2) is 14.4 Å². The summed E-state index contributed by atoms with van der Waals surface area (Å²) in [5.41, 5.74) is -0.0152. The van der Waals surface area contributed by atoms with Crippen LogP contribution in [0.3, 0.4) is 0 Å². The molecule has 150 valence electrons. The zero-order valence-corrected chi connectivity index (χ0v) is 20.1. The summed E-state index contributed by atoms with van der Waals surface area (Å²) < 4.78 is 51.7. The molecular formula is C15H12F3I3O6. The first kappa shape index (κ1) is 24.6. The summed E-state index contributed by atoms with van der Waals surface area (Å²) in [6.45, 7) is 2.34. The number of carboxylic acid groups (broad SMARTS) is 1. The fourth-order valence-electron chi connectivity index (χ4n) is 1.84. The molecule has 0 aromatic heterocycles. The lowest BCUT2D eigenvalue weighted by atomic mass is 10.0. The van der Waals surface area contributed by atoms with Crippen molar-refractivity contribution in [1.29, 1.82) is 0 Å². The minimum absolute atomic E-state index is 0.0152. The molecule has 0 aliphatic carbocycles. The molecule has 0 radical (unpaired) electrons. The summed E-state index contributed by atoms with van der Waals surface area (Å²) in [6.07, 6.45) is -5.42. The van der Waals surface area contributed by atoms with Gasteiger partial charge in [0.1, 0.15) is 0 Å². The number of hydrogen-bond acceptors (Lipinski definition) is 5. The van der Waals surface area contributed by atoms with E-state index in [1.165, 1.54) is 19.9 Å². The van der Waals surface area contributed by atoms with Crippen LogP contribution in [0.5, 0.6) is 0 Å². The van der Waals surface area contributed by atoms with Gasteiger partial charge in [0.05, 0.1) is 5.56 Å². The first-order chi connectivity index (χ1) is 12.3. The van der Waals surface area contributed by atoms with Crippen molar-refractivity contribution in [3.05, 3.63) is 28.4 Å². The van der Waals surface area contributed by atoms with Crippen LogP contribution < -0.4 is 0 Å². The number of ether oxygens (including phenoxy) is 2. The van der Waals surface area contributed by atoms with Crippen LogP contribution in [0.4, 0.5) is 13.2 Å². The molecular weight excluding hydrogens is 714 g/mol. The smallest absolute Gasteiger partial charge is 0.381 e. The SMILES string of the molecule is CC(C)C(OC(=O)C(F)OC(=O)c1cc(I)cc(I)c1I)C(F)(F)C(=O)O. The Labute approximate surface area is 193 Å².